The third-order valence-electron chi connectivity index (χ3n) is 6.06. The number of ether oxygens (including phenoxy) is 1. The number of hydrogen-bond acceptors (Lipinski definition) is 5. The molecule has 7 nitrogen and oxygen atoms in total. The number of nitrogens with zero attached hydrogens (tertiary/aromatic N) is 1. The van der Waals surface area contributed by atoms with Crippen LogP contribution in [-0.2, 0) is 14.3 Å². The van der Waals surface area contributed by atoms with E-state index in [0.29, 0.717) is 5.75 Å². The second-order valence-corrected chi connectivity index (χ2v) is 10.1. The second kappa shape index (κ2) is 8.50. The Bertz CT molecular complexity index is 1020. The van der Waals surface area contributed by atoms with Gasteiger partial charge in [-0.1, -0.05) is 48.5 Å². The third-order valence-corrected chi connectivity index (χ3v) is 7.44. The second-order valence-electron chi connectivity index (χ2n) is 8.51. The van der Waals surface area contributed by atoms with Crippen molar-refractivity contribution >= 4 is 29.7 Å². The highest BCUT2D eigenvalue weighted by atomic mass is 32.2. The number of carboxylic acids is 1. The van der Waals surface area contributed by atoms with E-state index in [2.05, 4.69) is 17.4 Å². The monoisotopic (exact) mass is 454 g/mol. The zero-order chi connectivity index (χ0) is 23.0. The number of benzene rings is 2. The molecule has 0 saturated carbocycles. The number of alkyl carbamates (subject to hydrolysis) is 1. The number of carboxylic acid groups (broad SMARTS) is 1. The zero-order valence-electron chi connectivity index (χ0n) is 18.2. The van der Waals surface area contributed by atoms with E-state index in [1.807, 2.05) is 36.4 Å². The number of rotatable bonds is 5. The van der Waals surface area contributed by atoms with Gasteiger partial charge in [0.05, 0.1) is 4.87 Å². The van der Waals surface area contributed by atoms with E-state index in [9.17, 15) is 19.5 Å². The molecule has 2 amide bonds. The predicted molar refractivity (Wildman–Crippen MR) is 122 cm³/mol. The minimum atomic E-state index is -1.05. The van der Waals surface area contributed by atoms with Crippen LogP contribution in [-0.4, -0.2) is 57.3 Å². The Kier molecular flexibility index (Phi) is 5.90. The summed E-state index contributed by atoms with van der Waals surface area (Å²) in [4.78, 5) is 37.7. The molecule has 0 aromatic heterocycles. The fraction of sp³-hybridized carbons (Fsp3) is 0.375. The van der Waals surface area contributed by atoms with E-state index in [4.69, 9.17) is 4.74 Å². The third kappa shape index (κ3) is 3.95. The first-order chi connectivity index (χ1) is 15.2. The summed E-state index contributed by atoms with van der Waals surface area (Å²) >= 11 is 1.40. The van der Waals surface area contributed by atoms with Gasteiger partial charge in [-0.05, 0) is 43.0 Å². The maximum absolute atomic E-state index is 13.0. The van der Waals surface area contributed by atoms with Crippen LogP contribution in [0.15, 0.2) is 48.5 Å². The predicted octanol–water partition coefficient (Wildman–Crippen LogP) is 3.68. The SMILES string of the molecule is C[C@H](NC(=O)OCC1c2ccccc2-c2ccccc21)C(=O)N1[C@H](C(=O)O)CSC1(C)C. The molecule has 0 radical (unpaired) electrons. The van der Waals surface area contributed by atoms with Gasteiger partial charge in [0.2, 0.25) is 5.91 Å². The number of carbonyl (C=O) groups excluding carboxylic acids is 2. The minimum absolute atomic E-state index is 0.0792. The molecule has 1 heterocycles. The summed E-state index contributed by atoms with van der Waals surface area (Å²) in [5, 5.41) is 12.0. The average molecular weight is 455 g/mol. The number of carbonyl (C=O) groups is 3. The quantitative estimate of drug-likeness (QED) is 0.716. The van der Waals surface area contributed by atoms with Crippen molar-refractivity contribution in [2.24, 2.45) is 0 Å². The van der Waals surface area contributed by atoms with Crippen molar-refractivity contribution in [3.05, 3.63) is 59.7 Å². The number of aliphatic carboxylic acids is 1. The largest absolute Gasteiger partial charge is 0.480 e. The molecular formula is C24H26N2O5S. The van der Waals surface area contributed by atoms with Gasteiger partial charge in [0, 0.05) is 11.7 Å². The lowest BCUT2D eigenvalue weighted by Crippen LogP contribution is -2.56. The molecule has 0 bridgehead atoms. The summed E-state index contributed by atoms with van der Waals surface area (Å²) in [6.45, 7) is 5.29. The van der Waals surface area contributed by atoms with Crippen molar-refractivity contribution < 1.29 is 24.2 Å². The number of thioether (sulfide) groups is 1. The summed E-state index contributed by atoms with van der Waals surface area (Å²) in [5.74, 6) is -1.26. The lowest BCUT2D eigenvalue weighted by atomic mass is 9.98. The lowest BCUT2D eigenvalue weighted by Gasteiger charge is -2.35. The molecule has 1 saturated heterocycles. The molecule has 0 spiro atoms. The molecule has 2 aromatic rings. The van der Waals surface area contributed by atoms with Crippen molar-refractivity contribution in [2.45, 2.75) is 43.6 Å². The van der Waals surface area contributed by atoms with Crippen molar-refractivity contribution in [2.75, 3.05) is 12.4 Å². The van der Waals surface area contributed by atoms with E-state index in [-0.39, 0.29) is 12.5 Å². The van der Waals surface area contributed by atoms with Crippen LogP contribution in [0.1, 0.15) is 37.8 Å². The molecule has 1 fully saturated rings. The van der Waals surface area contributed by atoms with Crippen molar-refractivity contribution in [1.82, 2.24) is 10.2 Å². The van der Waals surface area contributed by atoms with Crippen molar-refractivity contribution in [3.8, 4) is 11.1 Å². The van der Waals surface area contributed by atoms with Crippen LogP contribution in [0.3, 0.4) is 0 Å². The molecule has 1 aliphatic carbocycles. The standard InChI is InChI=1S/C24H26N2O5S/c1-14(21(27)26-20(22(28)29)13-32-24(26,2)3)25-23(30)31-12-19-17-10-6-4-8-15(17)16-9-5-7-11-18(16)19/h4-11,14,19-20H,12-13H2,1-3H3,(H,25,30)(H,28,29)/t14-,20-/m0/s1. The Hall–Kier alpha value is -3.00. The minimum Gasteiger partial charge on any atom is -0.480 e. The first kappa shape index (κ1) is 22.2. The van der Waals surface area contributed by atoms with Gasteiger partial charge in [0.1, 0.15) is 18.7 Å². The van der Waals surface area contributed by atoms with Gasteiger partial charge in [-0.2, -0.15) is 0 Å². The van der Waals surface area contributed by atoms with E-state index in [1.54, 1.807) is 20.8 Å². The Labute approximate surface area is 191 Å². The summed E-state index contributed by atoms with van der Waals surface area (Å²) in [6.07, 6.45) is -0.704. The molecule has 168 valence electrons. The molecule has 2 N–H and O–H groups in total. The van der Waals surface area contributed by atoms with Crippen molar-refractivity contribution in [1.29, 1.82) is 0 Å². The first-order valence-electron chi connectivity index (χ1n) is 10.5. The van der Waals surface area contributed by atoms with Crippen LogP contribution >= 0.6 is 11.8 Å². The molecule has 2 aliphatic rings. The maximum Gasteiger partial charge on any atom is 0.407 e. The van der Waals surface area contributed by atoms with Crippen LogP contribution < -0.4 is 5.32 Å². The van der Waals surface area contributed by atoms with Crippen LogP contribution in [0.25, 0.3) is 11.1 Å². The Morgan fingerprint density at radius 3 is 2.25 bits per heavy atom. The van der Waals surface area contributed by atoms with Gasteiger partial charge in [-0.15, -0.1) is 11.8 Å². The number of fused-ring (bicyclic) bond motifs is 3. The van der Waals surface area contributed by atoms with Gasteiger partial charge in [0.25, 0.3) is 0 Å². The van der Waals surface area contributed by atoms with Crippen molar-refractivity contribution in [3.63, 3.8) is 0 Å². The first-order valence-corrected chi connectivity index (χ1v) is 11.5. The van der Waals surface area contributed by atoms with Crippen LogP contribution in [0, 0.1) is 0 Å². The molecule has 8 heteroatoms. The normalized spacial score (nSPS) is 19.7. The zero-order valence-corrected chi connectivity index (χ0v) is 19.0. The fourth-order valence-corrected chi connectivity index (χ4v) is 5.70. The Morgan fingerprint density at radius 2 is 1.69 bits per heavy atom. The van der Waals surface area contributed by atoms with E-state index in [0.717, 1.165) is 22.3 Å². The van der Waals surface area contributed by atoms with Gasteiger partial charge in [0.15, 0.2) is 0 Å². The summed E-state index contributed by atoms with van der Waals surface area (Å²) in [5.41, 5.74) is 4.47. The molecule has 4 rings (SSSR count). The number of amides is 2. The Balaban J connectivity index is 1.41. The maximum atomic E-state index is 13.0. The van der Waals surface area contributed by atoms with E-state index < -0.39 is 34.9 Å². The van der Waals surface area contributed by atoms with Crippen LogP contribution in [0.5, 0.6) is 0 Å². The summed E-state index contributed by atoms with van der Waals surface area (Å²) in [6, 6.07) is 14.3. The fourth-order valence-electron chi connectivity index (χ4n) is 4.49. The van der Waals surface area contributed by atoms with Gasteiger partial charge < -0.3 is 20.1 Å². The van der Waals surface area contributed by atoms with Gasteiger partial charge in [-0.25, -0.2) is 9.59 Å². The topological polar surface area (TPSA) is 95.9 Å². The highest BCUT2D eigenvalue weighted by Crippen LogP contribution is 2.44. The van der Waals surface area contributed by atoms with Crippen LogP contribution in [0.4, 0.5) is 4.79 Å². The highest BCUT2D eigenvalue weighted by molar-refractivity contribution is 8.00. The van der Waals surface area contributed by atoms with Crippen LogP contribution in [0.2, 0.25) is 0 Å². The number of nitrogens with one attached hydrogen (secondary N) is 1. The lowest BCUT2D eigenvalue weighted by molar-refractivity contribution is -0.151. The van der Waals surface area contributed by atoms with Gasteiger partial charge >= 0.3 is 12.1 Å². The van der Waals surface area contributed by atoms with E-state index >= 15 is 0 Å². The summed E-state index contributed by atoms with van der Waals surface area (Å²) in [7, 11) is 0. The van der Waals surface area contributed by atoms with E-state index in [1.165, 1.54) is 16.7 Å². The molecule has 2 atom stereocenters. The highest BCUT2D eigenvalue weighted by Gasteiger charge is 2.47. The summed E-state index contributed by atoms with van der Waals surface area (Å²) < 4.78 is 5.51. The molecule has 0 unspecified atom stereocenters. The molecule has 32 heavy (non-hydrogen) atoms. The molecule has 2 aromatic carbocycles. The molecule has 1 aliphatic heterocycles. The average Bonchev–Trinajstić information content (AvgIpc) is 3.25. The Morgan fingerprint density at radius 1 is 1.12 bits per heavy atom. The number of hydrogen-bond donors (Lipinski definition) is 2. The smallest absolute Gasteiger partial charge is 0.407 e. The van der Waals surface area contributed by atoms with Gasteiger partial charge in [-0.3, -0.25) is 4.79 Å². The molecular weight excluding hydrogens is 428 g/mol.